The molecule has 0 amide bonds. The van der Waals surface area contributed by atoms with Crippen molar-refractivity contribution in [2.45, 2.75) is 10.2 Å². The highest BCUT2D eigenvalue weighted by Crippen LogP contribution is 2.22. The van der Waals surface area contributed by atoms with Gasteiger partial charge in [0.2, 0.25) is 17.1 Å². The molecule has 0 unspecified atom stereocenters. The van der Waals surface area contributed by atoms with E-state index in [2.05, 4.69) is 35.3 Å². The highest BCUT2D eigenvalue weighted by atomic mass is 32.2. The van der Waals surface area contributed by atoms with Crippen LogP contribution in [-0.2, 0) is 0 Å². The van der Waals surface area contributed by atoms with E-state index in [9.17, 15) is 0 Å². The van der Waals surface area contributed by atoms with Gasteiger partial charge in [0.25, 0.3) is 0 Å². The molecule has 0 aliphatic carbocycles. The van der Waals surface area contributed by atoms with Crippen molar-refractivity contribution in [3.63, 3.8) is 0 Å². The van der Waals surface area contributed by atoms with Gasteiger partial charge < -0.3 is 0 Å². The fraction of sp³-hybridized carbons (Fsp3) is 0. The Hall–Kier alpha value is -2.59. The maximum Gasteiger partial charge on any atom is 0.242 e. The van der Waals surface area contributed by atoms with Crippen molar-refractivity contribution in [1.82, 2.24) is 34.5 Å². The Kier molecular flexibility index (Phi) is 3.48. The van der Waals surface area contributed by atoms with Crippen LogP contribution in [0, 0.1) is 0 Å². The van der Waals surface area contributed by atoms with E-state index in [0.29, 0.717) is 11.1 Å². The number of nitrogens with two attached hydrogens (primary N) is 1. The Balaban J connectivity index is 1.96. The number of nitrogens with zero attached hydrogens (tertiary/aromatic N) is 7. The van der Waals surface area contributed by atoms with Gasteiger partial charge in [-0.25, -0.2) is 20.8 Å². The van der Waals surface area contributed by atoms with E-state index < -0.39 is 0 Å². The van der Waals surface area contributed by atoms with Crippen LogP contribution in [0.15, 0.2) is 47.5 Å². The molecule has 0 aliphatic rings. The number of nitrogens with one attached hydrogen (secondary N) is 1. The van der Waals surface area contributed by atoms with Crippen LogP contribution in [0.25, 0.3) is 5.95 Å². The normalized spacial score (nSPS) is 10.4. The van der Waals surface area contributed by atoms with Gasteiger partial charge in [0.05, 0.1) is 0 Å². The second-order valence-electron chi connectivity index (χ2n) is 3.51. The summed E-state index contributed by atoms with van der Waals surface area (Å²) in [6, 6.07) is 1.76. The fourth-order valence-corrected chi connectivity index (χ4v) is 2.06. The summed E-state index contributed by atoms with van der Waals surface area (Å²) in [5.41, 5.74) is 2.41. The monoisotopic (exact) mass is 287 g/mol. The highest BCUT2D eigenvalue weighted by molar-refractivity contribution is 7.99. The van der Waals surface area contributed by atoms with Gasteiger partial charge in [0, 0.05) is 18.6 Å². The quantitative estimate of drug-likeness (QED) is 0.396. The van der Waals surface area contributed by atoms with E-state index in [-0.39, 0.29) is 5.95 Å². The minimum atomic E-state index is 0.264. The summed E-state index contributed by atoms with van der Waals surface area (Å²) in [6.45, 7) is 0. The summed E-state index contributed by atoms with van der Waals surface area (Å²) < 4.78 is 1.66. The zero-order valence-electron chi connectivity index (χ0n) is 10.1. The molecular weight excluding hydrogens is 278 g/mol. The summed E-state index contributed by atoms with van der Waals surface area (Å²) in [5, 5.41) is 1.20. The van der Waals surface area contributed by atoms with E-state index in [1.807, 2.05) is 0 Å². The lowest BCUT2D eigenvalue weighted by Crippen LogP contribution is -2.13. The summed E-state index contributed by atoms with van der Waals surface area (Å²) in [6.07, 6.45) is 8.07. The Morgan fingerprint density at radius 3 is 2.80 bits per heavy atom. The fourth-order valence-electron chi connectivity index (χ4n) is 1.38. The molecule has 0 radical (unpaired) electrons. The number of hydrazine groups is 1. The Morgan fingerprint density at radius 2 is 2.10 bits per heavy atom. The molecule has 3 heterocycles. The molecule has 0 aliphatic heterocycles. The molecule has 10 heteroatoms. The van der Waals surface area contributed by atoms with Gasteiger partial charge in [-0.05, 0) is 17.8 Å². The van der Waals surface area contributed by atoms with Crippen LogP contribution >= 0.6 is 11.8 Å². The van der Waals surface area contributed by atoms with Crippen molar-refractivity contribution in [2.75, 3.05) is 5.43 Å². The van der Waals surface area contributed by atoms with Crippen molar-refractivity contribution in [1.29, 1.82) is 0 Å². The first kappa shape index (κ1) is 12.4. The minimum Gasteiger partial charge on any atom is -0.292 e. The number of hydrogen-bond donors (Lipinski definition) is 2. The summed E-state index contributed by atoms with van der Waals surface area (Å²) in [5.74, 6) is 6.05. The van der Waals surface area contributed by atoms with Crippen molar-refractivity contribution in [3.8, 4) is 5.95 Å². The van der Waals surface area contributed by atoms with Crippen LogP contribution in [0.1, 0.15) is 0 Å². The van der Waals surface area contributed by atoms with Crippen LogP contribution in [-0.4, -0.2) is 34.5 Å². The molecule has 0 fully saturated rings. The van der Waals surface area contributed by atoms with Crippen molar-refractivity contribution >= 4 is 17.7 Å². The average molecular weight is 287 g/mol. The van der Waals surface area contributed by atoms with E-state index in [1.54, 1.807) is 35.6 Å². The van der Waals surface area contributed by atoms with E-state index in [4.69, 9.17) is 5.84 Å². The van der Waals surface area contributed by atoms with Crippen molar-refractivity contribution < 1.29 is 0 Å². The SMILES string of the molecule is NNc1nc(Sc2ccncn2)nc(-n2ccnc2)n1. The smallest absolute Gasteiger partial charge is 0.242 e. The molecule has 100 valence electrons. The third-order valence-electron chi connectivity index (χ3n) is 2.22. The topological polar surface area (TPSA) is 120 Å². The molecule has 0 spiro atoms. The lowest BCUT2D eigenvalue weighted by Gasteiger charge is -2.05. The Labute approximate surface area is 117 Å². The molecule has 0 atom stereocenters. The maximum atomic E-state index is 5.37. The van der Waals surface area contributed by atoms with E-state index in [0.717, 1.165) is 5.03 Å². The number of nitrogen functional groups attached to an aromatic ring is 1. The third-order valence-corrected chi connectivity index (χ3v) is 3.03. The van der Waals surface area contributed by atoms with Gasteiger partial charge in [0.1, 0.15) is 17.7 Å². The number of rotatable bonds is 4. The molecular formula is C10H9N9S. The molecule has 0 bridgehead atoms. The van der Waals surface area contributed by atoms with Gasteiger partial charge in [-0.15, -0.1) is 0 Å². The molecule has 20 heavy (non-hydrogen) atoms. The van der Waals surface area contributed by atoms with Gasteiger partial charge >= 0.3 is 0 Å². The predicted octanol–water partition coefficient (Wildman–Crippen LogP) is 0.284. The van der Waals surface area contributed by atoms with Gasteiger partial charge in [0.15, 0.2) is 0 Å². The summed E-state index contributed by atoms with van der Waals surface area (Å²) >= 11 is 1.29. The van der Waals surface area contributed by atoms with Crippen LogP contribution in [0.5, 0.6) is 0 Å². The largest absolute Gasteiger partial charge is 0.292 e. The number of aromatic nitrogens is 7. The zero-order chi connectivity index (χ0) is 13.8. The van der Waals surface area contributed by atoms with Crippen LogP contribution in [0.4, 0.5) is 5.95 Å². The third kappa shape index (κ3) is 2.70. The second kappa shape index (κ2) is 5.59. The zero-order valence-corrected chi connectivity index (χ0v) is 10.9. The number of imidazole rings is 1. The Bertz CT molecular complexity index is 685. The van der Waals surface area contributed by atoms with E-state index in [1.165, 1.54) is 18.1 Å². The van der Waals surface area contributed by atoms with Crippen LogP contribution < -0.4 is 11.3 Å². The van der Waals surface area contributed by atoms with Gasteiger partial charge in [-0.2, -0.15) is 15.0 Å². The molecule has 9 nitrogen and oxygen atoms in total. The van der Waals surface area contributed by atoms with Crippen molar-refractivity contribution in [3.05, 3.63) is 37.3 Å². The second-order valence-corrected chi connectivity index (χ2v) is 4.49. The molecule has 3 N–H and O–H groups in total. The number of anilines is 1. The standard InChI is InChI=1S/C10H9N9S/c11-18-8-15-9(19-4-3-13-6-19)17-10(16-8)20-7-1-2-12-5-14-7/h1-6H,11H2,(H,15,16,17,18). The first-order valence-electron chi connectivity index (χ1n) is 5.50. The van der Waals surface area contributed by atoms with Crippen LogP contribution in [0.3, 0.4) is 0 Å². The summed E-state index contributed by atoms with van der Waals surface area (Å²) in [4.78, 5) is 24.6. The minimum absolute atomic E-state index is 0.264. The first-order chi connectivity index (χ1) is 9.85. The molecule has 0 saturated carbocycles. The maximum absolute atomic E-state index is 5.37. The molecule has 3 aromatic rings. The first-order valence-corrected chi connectivity index (χ1v) is 6.32. The van der Waals surface area contributed by atoms with E-state index >= 15 is 0 Å². The lowest BCUT2D eigenvalue weighted by molar-refractivity contribution is 0.823. The lowest BCUT2D eigenvalue weighted by atomic mass is 10.7. The van der Waals surface area contributed by atoms with Gasteiger partial charge in [-0.3, -0.25) is 9.99 Å². The van der Waals surface area contributed by atoms with Crippen LogP contribution in [0.2, 0.25) is 0 Å². The predicted molar refractivity (Wildman–Crippen MR) is 70.9 cm³/mol. The Morgan fingerprint density at radius 1 is 1.15 bits per heavy atom. The highest BCUT2D eigenvalue weighted by Gasteiger charge is 2.09. The average Bonchev–Trinajstić information content (AvgIpc) is 3.02. The molecule has 0 aromatic carbocycles. The van der Waals surface area contributed by atoms with Crippen molar-refractivity contribution in [2.24, 2.45) is 5.84 Å². The molecule has 3 rings (SSSR count). The molecule has 3 aromatic heterocycles. The summed E-state index contributed by atoms with van der Waals surface area (Å²) in [7, 11) is 0. The van der Waals surface area contributed by atoms with Gasteiger partial charge in [-0.1, -0.05) is 0 Å². The number of hydrogen-bond acceptors (Lipinski definition) is 9. The molecule has 0 saturated heterocycles.